The highest BCUT2D eigenvalue weighted by molar-refractivity contribution is 7.71. The fourth-order valence-corrected chi connectivity index (χ4v) is 2.63. The van der Waals surface area contributed by atoms with E-state index < -0.39 is 0 Å². The molecule has 23 heavy (non-hydrogen) atoms. The van der Waals surface area contributed by atoms with Gasteiger partial charge in [0.05, 0.1) is 12.5 Å². The number of furan rings is 1. The van der Waals surface area contributed by atoms with Crippen molar-refractivity contribution in [1.29, 1.82) is 0 Å². The lowest BCUT2D eigenvalue weighted by Crippen LogP contribution is -1.94. The topological polar surface area (TPSA) is 59.1 Å². The average Bonchev–Trinajstić information content (AvgIpc) is 3.22. The average molecular weight is 320 g/mol. The fourth-order valence-electron chi connectivity index (χ4n) is 2.45. The minimum Gasteiger partial charge on any atom is -0.461 e. The number of hydrogen-bond acceptors (Lipinski definition) is 4. The highest BCUT2D eigenvalue weighted by Crippen LogP contribution is 2.19. The Balaban J connectivity index is 1.80. The summed E-state index contributed by atoms with van der Waals surface area (Å²) in [6, 6.07) is 17.9. The summed E-state index contributed by atoms with van der Waals surface area (Å²) < 4.78 is 7.33. The molecule has 0 aliphatic heterocycles. The first kappa shape index (κ1) is 13.7. The van der Waals surface area contributed by atoms with Crippen LogP contribution in [0.2, 0.25) is 0 Å². The van der Waals surface area contributed by atoms with Gasteiger partial charge in [-0.3, -0.25) is 0 Å². The second kappa shape index (κ2) is 5.66. The molecule has 0 amide bonds. The second-order valence-electron chi connectivity index (χ2n) is 4.95. The Morgan fingerprint density at radius 3 is 2.83 bits per heavy atom. The predicted octanol–water partition coefficient (Wildman–Crippen LogP) is 4.24. The van der Waals surface area contributed by atoms with Crippen molar-refractivity contribution in [3.63, 3.8) is 0 Å². The van der Waals surface area contributed by atoms with E-state index in [1.807, 2.05) is 30.3 Å². The summed E-state index contributed by atoms with van der Waals surface area (Å²) in [6.45, 7) is 0. The normalized spacial score (nSPS) is 11.5. The molecular weight excluding hydrogens is 308 g/mol. The largest absolute Gasteiger partial charge is 0.461 e. The lowest BCUT2D eigenvalue weighted by molar-refractivity contribution is 0.573. The third-order valence-electron chi connectivity index (χ3n) is 3.53. The number of aromatic nitrogens is 3. The van der Waals surface area contributed by atoms with E-state index in [1.165, 1.54) is 5.39 Å². The van der Waals surface area contributed by atoms with Crippen LogP contribution in [0.3, 0.4) is 0 Å². The van der Waals surface area contributed by atoms with E-state index in [9.17, 15) is 0 Å². The molecule has 112 valence electrons. The number of aromatic amines is 1. The SMILES string of the molecule is S=c1[nH]nc(-c2ccco2)n1/N=C\c1cccc2ccccc12. The molecule has 0 bridgehead atoms. The van der Waals surface area contributed by atoms with Crippen LogP contribution in [0.1, 0.15) is 5.56 Å². The smallest absolute Gasteiger partial charge is 0.219 e. The van der Waals surface area contributed by atoms with Crippen molar-refractivity contribution < 1.29 is 4.42 Å². The van der Waals surface area contributed by atoms with Gasteiger partial charge >= 0.3 is 0 Å². The molecule has 4 aromatic rings. The number of H-pyrrole nitrogens is 1. The summed E-state index contributed by atoms with van der Waals surface area (Å²) in [5.41, 5.74) is 1.01. The Kier molecular flexibility index (Phi) is 3.36. The van der Waals surface area contributed by atoms with Crippen molar-refractivity contribution >= 4 is 29.2 Å². The van der Waals surface area contributed by atoms with Gasteiger partial charge in [-0.05, 0) is 35.1 Å². The minimum atomic E-state index is 0.410. The molecule has 5 nitrogen and oxygen atoms in total. The maximum absolute atomic E-state index is 5.37. The van der Waals surface area contributed by atoms with E-state index in [0.29, 0.717) is 16.4 Å². The van der Waals surface area contributed by atoms with Gasteiger partial charge in [0.15, 0.2) is 5.76 Å². The van der Waals surface area contributed by atoms with E-state index in [4.69, 9.17) is 16.6 Å². The van der Waals surface area contributed by atoms with Gasteiger partial charge in [0.25, 0.3) is 0 Å². The van der Waals surface area contributed by atoms with E-state index in [1.54, 1.807) is 23.2 Å². The monoisotopic (exact) mass is 320 g/mol. The van der Waals surface area contributed by atoms with Crippen LogP contribution >= 0.6 is 12.2 Å². The second-order valence-corrected chi connectivity index (χ2v) is 5.34. The summed E-state index contributed by atoms with van der Waals surface area (Å²) in [5.74, 6) is 1.14. The first-order valence-electron chi connectivity index (χ1n) is 7.06. The van der Waals surface area contributed by atoms with Crippen LogP contribution in [0.25, 0.3) is 22.4 Å². The summed E-state index contributed by atoms with van der Waals surface area (Å²) in [6.07, 6.45) is 3.37. The van der Waals surface area contributed by atoms with Crippen molar-refractivity contribution in [3.05, 3.63) is 71.2 Å². The zero-order chi connectivity index (χ0) is 15.6. The van der Waals surface area contributed by atoms with Gasteiger partial charge in [0, 0.05) is 5.56 Å². The van der Waals surface area contributed by atoms with Gasteiger partial charge < -0.3 is 4.42 Å². The van der Waals surface area contributed by atoms with E-state index >= 15 is 0 Å². The molecule has 0 fully saturated rings. The van der Waals surface area contributed by atoms with Gasteiger partial charge in [-0.2, -0.15) is 9.78 Å². The van der Waals surface area contributed by atoms with Crippen LogP contribution in [0.5, 0.6) is 0 Å². The molecule has 0 saturated carbocycles. The quantitative estimate of drug-likeness (QED) is 0.454. The lowest BCUT2D eigenvalue weighted by Gasteiger charge is -2.02. The van der Waals surface area contributed by atoms with Gasteiger partial charge in [0.2, 0.25) is 10.6 Å². The molecule has 4 rings (SSSR count). The first-order chi connectivity index (χ1) is 11.3. The standard InChI is InChI=1S/C17H12N4OS/c23-17-20-19-16(15-9-4-10-22-15)21(17)18-11-13-7-3-6-12-5-1-2-8-14(12)13/h1-11H,(H,20,23)/b18-11-. The van der Waals surface area contributed by atoms with Crippen LogP contribution in [0.15, 0.2) is 70.4 Å². The summed E-state index contributed by atoms with van der Waals surface area (Å²) in [5, 5.41) is 13.7. The van der Waals surface area contributed by atoms with Crippen LogP contribution in [-0.4, -0.2) is 21.1 Å². The number of fused-ring (bicyclic) bond motifs is 1. The third kappa shape index (κ3) is 2.49. The summed E-state index contributed by atoms with van der Waals surface area (Å²) >= 11 is 5.25. The van der Waals surface area contributed by atoms with Crippen LogP contribution in [0.4, 0.5) is 0 Å². The molecule has 0 aliphatic rings. The highest BCUT2D eigenvalue weighted by Gasteiger charge is 2.10. The molecule has 0 saturated heterocycles. The summed E-state index contributed by atoms with van der Waals surface area (Å²) in [7, 11) is 0. The van der Waals surface area contributed by atoms with Crippen LogP contribution in [-0.2, 0) is 0 Å². The van der Waals surface area contributed by atoms with Crippen molar-refractivity contribution in [1.82, 2.24) is 14.9 Å². The van der Waals surface area contributed by atoms with Gasteiger partial charge in [-0.15, -0.1) is 5.10 Å². The Morgan fingerprint density at radius 1 is 1.09 bits per heavy atom. The Bertz CT molecular complexity index is 1040. The molecule has 0 spiro atoms. The lowest BCUT2D eigenvalue weighted by atomic mass is 10.1. The van der Waals surface area contributed by atoms with Crippen molar-refractivity contribution in [2.75, 3.05) is 0 Å². The molecule has 1 N–H and O–H groups in total. The molecule has 2 heterocycles. The maximum Gasteiger partial charge on any atom is 0.219 e. The van der Waals surface area contributed by atoms with Crippen LogP contribution < -0.4 is 0 Å². The molecule has 0 unspecified atom stereocenters. The van der Waals surface area contributed by atoms with E-state index in [0.717, 1.165) is 10.9 Å². The van der Waals surface area contributed by atoms with Gasteiger partial charge in [-0.25, -0.2) is 5.10 Å². The molecular formula is C17H12N4OS. The Morgan fingerprint density at radius 2 is 1.96 bits per heavy atom. The third-order valence-corrected chi connectivity index (χ3v) is 3.79. The highest BCUT2D eigenvalue weighted by atomic mass is 32.1. The van der Waals surface area contributed by atoms with Gasteiger partial charge in [-0.1, -0.05) is 42.5 Å². The number of benzene rings is 2. The maximum atomic E-state index is 5.37. The zero-order valence-electron chi connectivity index (χ0n) is 12.0. The number of nitrogens with one attached hydrogen (secondary N) is 1. The number of hydrogen-bond donors (Lipinski definition) is 1. The van der Waals surface area contributed by atoms with Gasteiger partial charge in [0.1, 0.15) is 0 Å². The fraction of sp³-hybridized carbons (Fsp3) is 0. The number of rotatable bonds is 3. The predicted molar refractivity (Wildman–Crippen MR) is 92.1 cm³/mol. The zero-order valence-corrected chi connectivity index (χ0v) is 12.8. The summed E-state index contributed by atoms with van der Waals surface area (Å²) in [4.78, 5) is 0. The Labute approximate surface area is 136 Å². The number of nitrogens with zero attached hydrogens (tertiary/aromatic N) is 3. The van der Waals surface area contributed by atoms with Crippen LogP contribution in [0, 0.1) is 4.77 Å². The van der Waals surface area contributed by atoms with Crippen molar-refractivity contribution in [2.24, 2.45) is 5.10 Å². The molecule has 2 aromatic heterocycles. The molecule has 2 aromatic carbocycles. The minimum absolute atomic E-state index is 0.410. The first-order valence-corrected chi connectivity index (χ1v) is 7.47. The molecule has 0 aliphatic carbocycles. The Hall–Kier alpha value is -2.99. The van der Waals surface area contributed by atoms with E-state index in [2.05, 4.69) is 33.5 Å². The molecule has 0 atom stereocenters. The molecule has 0 radical (unpaired) electrons. The van der Waals surface area contributed by atoms with Crippen molar-refractivity contribution in [2.45, 2.75) is 0 Å². The molecule has 6 heteroatoms. The van der Waals surface area contributed by atoms with Crippen molar-refractivity contribution in [3.8, 4) is 11.6 Å². The van der Waals surface area contributed by atoms with E-state index in [-0.39, 0.29) is 0 Å².